The molecule has 0 spiro atoms. The molecule has 2 aromatic heterocycles. The number of nitrogens with two attached hydrogens (primary N) is 1. The number of anilines is 2. The third-order valence-corrected chi connectivity index (χ3v) is 4.15. The van der Waals surface area contributed by atoms with E-state index in [0.717, 1.165) is 22.9 Å². The fraction of sp³-hybridized carbons (Fsp3) is 0.500. The normalized spacial score (nSPS) is 11.5. The molecule has 114 valence electrons. The molecule has 0 aliphatic carbocycles. The second-order valence-corrected chi connectivity index (χ2v) is 6.92. The summed E-state index contributed by atoms with van der Waals surface area (Å²) in [7, 11) is 0. The number of rotatable bonds is 4. The molecule has 0 radical (unpaired) electrons. The largest absolute Gasteiger partial charge is 0.365 e. The van der Waals surface area contributed by atoms with Gasteiger partial charge in [0, 0.05) is 15.9 Å². The van der Waals surface area contributed by atoms with E-state index in [9.17, 15) is 0 Å². The Morgan fingerprint density at radius 1 is 1.19 bits per heavy atom. The third kappa shape index (κ3) is 3.48. The van der Waals surface area contributed by atoms with Crippen LogP contribution in [-0.2, 0) is 12.0 Å². The van der Waals surface area contributed by atoms with Crippen molar-refractivity contribution in [1.82, 2.24) is 15.0 Å². The van der Waals surface area contributed by atoms with Gasteiger partial charge >= 0.3 is 0 Å². The number of aromatic nitrogens is 3. The van der Waals surface area contributed by atoms with Crippen molar-refractivity contribution in [3.8, 4) is 0 Å². The van der Waals surface area contributed by atoms with Crippen LogP contribution in [0, 0.1) is 13.8 Å². The van der Waals surface area contributed by atoms with Crippen LogP contribution < -0.4 is 16.6 Å². The Balaban J connectivity index is 2.31. The van der Waals surface area contributed by atoms with Crippen molar-refractivity contribution in [2.24, 2.45) is 5.84 Å². The highest BCUT2D eigenvalue weighted by atomic mass is 32.1. The number of thiazole rings is 1. The quantitative estimate of drug-likeness (QED) is 0.594. The molecule has 0 aliphatic heterocycles. The number of nitrogens with one attached hydrogen (secondary N) is 2. The molecule has 4 N–H and O–H groups in total. The summed E-state index contributed by atoms with van der Waals surface area (Å²) >= 11 is 1.64. The lowest BCUT2D eigenvalue weighted by molar-refractivity contribution is 0.546. The minimum absolute atomic E-state index is 0.143. The summed E-state index contributed by atoms with van der Waals surface area (Å²) in [6, 6.07) is 0. The molecular formula is C14H22N6S. The maximum atomic E-state index is 5.57. The van der Waals surface area contributed by atoms with Gasteiger partial charge < -0.3 is 10.7 Å². The maximum absolute atomic E-state index is 5.57. The van der Waals surface area contributed by atoms with Crippen LogP contribution in [0.5, 0.6) is 0 Å². The molecule has 7 heteroatoms. The molecule has 0 unspecified atom stereocenters. The predicted octanol–water partition coefficient (Wildman–Crippen LogP) is 2.75. The first-order valence-electron chi connectivity index (χ1n) is 6.81. The Labute approximate surface area is 129 Å². The molecule has 0 aromatic carbocycles. The van der Waals surface area contributed by atoms with Crippen molar-refractivity contribution in [3.63, 3.8) is 0 Å². The highest BCUT2D eigenvalue weighted by Gasteiger charge is 2.21. The summed E-state index contributed by atoms with van der Waals surface area (Å²) in [4.78, 5) is 14.6. The Morgan fingerprint density at radius 2 is 1.86 bits per heavy atom. The standard InChI is InChI=1S/C14H22N6S/c1-8-11(16-6-10-9(2)17-7-21-10)18-13(14(3,4)5)19-12(8)20-15/h7H,6,15H2,1-5H3,(H2,16,18,19,20). The summed E-state index contributed by atoms with van der Waals surface area (Å²) in [5.74, 6) is 7.78. The van der Waals surface area contributed by atoms with E-state index in [4.69, 9.17) is 5.84 Å². The lowest BCUT2D eigenvalue weighted by Crippen LogP contribution is -2.21. The van der Waals surface area contributed by atoms with Gasteiger partial charge in [-0.05, 0) is 13.8 Å². The van der Waals surface area contributed by atoms with Crippen molar-refractivity contribution < 1.29 is 0 Å². The SMILES string of the molecule is Cc1ncsc1CNc1nc(C(C)(C)C)nc(NN)c1C. The average molecular weight is 306 g/mol. The molecule has 0 amide bonds. The molecule has 0 saturated carbocycles. The van der Waals surface area contributed by atoms with Crippen molar-refractivity contribution in [2.45, 2.75) is 46.6 Å². The predicted molar refractivity (Wildman–Crippen MR) is 87.5 cm³/mol. The molecule has 0 saturated heterocycles. The van der Waals surface area contributed by atoms with E-state index in [1.54, 1.807) is 11.3 Å². The maximum Gasteiger partial charge on any atom is 0.148 e. The van der Waals surface area contributed by atoms with E-state index < -0.39 is 0 Å². The number of nitrogens with zero attached hydrogens (tertiary/aromatic N) is 3. The molecule has 2 heterocycles. The van der Waals surface area contributed by atoms with E-state index in [0.29, 0.717) is 12.4 Å². The monoisotopic (exact) mass is 306 g/mol. The third-order valence-electron chi connectivity index (χ3n) is 3.21. The van der Waals surface area contributed by atoms with Crippen LogP contribution in [0.25, 0.3) is 0 Å². The fourth-order valence-electron chi connectivity index (χ4n) is 1.82. The minimum atomic E-state index is -0.143. The van der Waals surface area contributed by atoms with Crippen molar-refractivity contribution in [3.05, 3.63) is 27.5 Å². The van der Waals surface area contributed by atoms with Gasteiger partial charge in [-0.3, -0.25) is 0 Å². The topological polar surface area (TPSA) is 88.8 Å². The van der Waals surface area contributed by atoms with Gasteiger partial charge in [-0.15, -0.1) is 11.3 Å². The van der Waals surface area contributed by atoms with Gasteiger partial charge in [-0.2, -0.15) is 0 Å². The Hall–Kier alpha value is -1.73. The van der Waals surface area contributed by atoms with E-state index in [-0.39, 0.29) is 5.41 Å². The minimum Gasteiger partial charge on any atom is -0.365 e. The van der Waals surface area contributed by atoms with E-state index in [2.05, 4.69) is 46.5 Å². The average Bonchev–Trinajstić information content (AvgIpc) is 2.82. The Kier molecular flexibility index (Phi) is 4.43. The van der Waals surface area contributed by atoms with Crippen LogP contribution in [-0.4, -0.2) is 15.0 Å². The van der Waals surface area contributed by atoms with E-state index in [1.807, 2.05) is 19.4 Å². The van der Waals surface area contributed by atoms with Gasteiger partial charge in [0.1, 0.15) is 17.5 Å². The molecule has 2 rings (SSSR count). The Morgan fingerprint density at radius 3 is 2.38 bits per heavy atom. The Bertz CT molecular complexity index is 629. The van der Waals surface area contributed by atoms with Gasteiger partial charge in [-0.1, -0.05) is 20.8 Å². The van der Waals surface area contributed by atoms with Crippen LogP contribution >= 0.6 is 11.3 Å². The molecule has 0 atom stereocenters. The molecule has 6 nitrogen and oxygen atoms in total. The zero-order chi connectivity index (χ0) is 15.6. The smallest absolute Gasteiger partial charge is 0.148 e. The number of hydrogen-bond acceptors (Lipinski definition) is 7. The summed E-state index contributed by atoms with van der Waals surface area (Å²) in [6.07, 6.45) is 0. The first kappa shape index (κ1) is 15.7. The fourth-order valence-corrected chi connectivity index (χ4v) is 2.54. The van der Waals surface area contributed by atoms with Crippen LogP contribution in [0.3, 0.4) is 0 Å². The van der Waals surface area contributed by atoms with Crippen LogP contribution in [0.4, 0.5) is 11.6 Å². The molecular weight excluding hydrogens is 284 g/mol. The van der Waals surface area contributed by atoms with Crippen LogP contribution in [0.15, 0.2) is 5.51 Å². The van der Waals surface area contributed by atoms with Crippen molar-refractivity contribution >= 4 is 23.0 Å². The molecule has 0 bridgehead atoms. The second-order valence-electron chi connectivity index (χ2n) is 5.98. The summed E-state index contributed by atoms with van der Waals surface area (Å²) in [5.41, 5.74) is 6.32. The number of nitrogen functional groups attached to an aromatic ring is 1. The first-order valence-corrected chi connectivity index (χ1v) is 7.69. The lowest BCUT2D eigenvalue weighted by atomic mass is 9.95. The first-order chi connectivity index (χ1) is 9.82. The summed E-state index contributed by atoms with van der Waals surface area (Å²) < 4.78 is 0. The van der Waals surface area contributed by atoms with E-state index in [1.165, 1.54) is 4.88 Å². The molecule has 0 aliphatic rings. The second kappa shape index (κ2) is 5.95. The van der Waals surface area contributed by atoms with Gasteiger partial charge in [0.15, 0.2) is 0 Å². The molecule has 2 aromatic rings. The van der Waals surface area contributed by atoms with Crippen molar-refractivity contribution in [1.29, 1.82) is 0 Å². The van der Waals surface area contributed by atoms with Crippen molar-refractivity contribution in [2.75, 3.05) is 10.7 Å². The van der Waals surface area contributed by atoms with Gasteiger partial charge in [0.05, 0.1) is 17.7 Å². The lowest BCUT2D eigenvalue weighted by Gasteiger charge is -2.20. The number of hydrazine groups is 1. The number of hydrogen-bond donors (Lipinski definition) is 3. The van der Waals surface area contributed by atoms with Crippen LogP contribution in [0.2, 0.25) is 0 Å². The van der Waals surface area contributed by atoms with E-state index >= 15 is 0 Å². The van der Waals surface area contributed by atoms with Gasteiger partial charge in [0.2, 0.25) is 0 Å². The molecule has 21 heavy (non-hydrogen) atoms. The summed E-state index contributed by atoms with van der Waals surface area (Å²) in [5, 5.41) is 3.37. The summed E-state index contributed by atoms with van der Waals surface area (Å²) in [6.45, 7) is 10.9. The van der Waals surface area contributed by atoms with Gasteiger partial charge in [-0.25, -0.2) is 20.8 Å². The molecule has 0 fully saturated rings. The van der Waals surface area contributed by atoms with Crippen LogP contribution in [0.1, 0.15) is 42.7 Å². The zero-order valence-corrected chi connectivity index (χ0v) is 13.9. The highest BCUT2D eigenvalue weighted by molar-refractivity contribution is 7.09. The number of aryl methyl sites for hydroxylation is 1. The highest BCUT2D eigenvalue weighted by Crippen LogP contribution is 2.26. The van der Waals surface area contributed by atoms with Gasteiger partial charge in [0.25, 0.3) is 0 Å². The zero-order valence-electron chi connectivity index (χ0n) is 13.1.